The van der Waals surface area contributed by atoms with Crippen molar-refractivity contribution in [1.29, 1.82) is 0 Å². The van der Waals surface area contributed by atoms with Gasteiger partial charge >= 0.3 is 0 Å². The minimum Gasteiger partial charge on any atom is -0.393 e. The highest BCUT2D eigenvalue weighted by Crippen LogP contribution is 2.59. The zero-order chi connectivity index (χ0) is 23.0. The molecule has 0 saturated heterocycles. The maximum atomic E-state index is 10.3. The second-order valence-electron chi connectivity index (χ2n) is 11.4. The summed E-state index contributed by atoms with van der Waals surface area (Å²) in [5.41, 5.74) is 2.93. The second kappa shape index (κ2) is 9.37. The molecular formula is C28H44O3. The van der Waals surface area contributed by atoms with Gasteiger partial charge in [0.2, 0.25) is 0 Å². The van der Waals surface area contributed by atoms with E-state index in [1.165, 1.54) is 31.3 Å². The normalized spacial score (nSPS) is 39.3. The Balaban J connectivity index is 1.76. The molecule has 0 unspecified atom stereocenters. The van der Waals surface area contributed by atoms with Gasteiger partial charge in [0.25, 0.3) is 0 Å². The molecule has 7 atom stereocenters. The van der Waals surface area contributed by atoms with Gasteiger partial charge in [0.1, 0.15) is 0 Å². The summed E-state index contributed by atoms with van der Waals surface area (Å²) in [6, 6.07) is 0. The van der Waals surface area contributed by atoms with Gasteiger partial charge in [-0.2, -0.15) is 0 Å². The van der Waals surface area contributed by atoms with E-state index in [4.69, 9.17) is 0 Å². The molecule has 3 N–H and O–H groups in total. The summed E-state index contributed by atoms with van der Waals surface area (Å²) in [7, 11) is 0. The van der Waals surface area contributed by atoms with Gasteiger partial charge in [-0.3, -0.25) is 0 Å². The Morgan fingerprint density at radius 3 is 2.52 bits per heavy atom. The Hall–Kier alpha value is -1.16. The molecule has 0 bridgehead atoms. The molecule has 3 saturated carbocycles. The number of aliphatic hydroxyl groups excluding tert-OH is 2. The quantitative estimate of drug-likeness (QED) is 0.490. The van der Waals surface area contributed by atoms with Gasteiger partial charge in [0, 0.05) is 12.3 Å². The third-order valence-electron chi connectivity index (χ3n) is 8.75. The van der Waals surface area contributed by atoms with Crippen LogP contribution in [0.1, 0.15) is 79.6 Å². The Morgan fingerprint density at radius 2 is 1.84 bits per heavy atom. The van der Waals surface area contributed by atoms with E-state index in [-0.39, 0.29) is 5.92 Å². The highest BCUT2D eigenvalue weighted by molar-refractivity contribution is 5.38. The van der Waals surface area contributed by atoms with Crippen LogP contribution in [0.5, 0.6) is 0 Å². The van der Waals surface area contributed by atoms with Gasteiger partial charge < -0.3 is 15.3 Å². The molecular weight excluding hydrogens is 384 g/mol. The smallest absolute Gasteiger partial charge is 0.0811 e. The van der Waals surface area contributed by atoms with Crippen LogP contribution in [0.4, 0.5) is 0 Å². The first-order chi connectivity index (χ1) is 14.4. The number of rotatable bonds is 5. The number of aliphatic hydroxyl groups is 3. The lowest BCUT2D eigenvalue weighted by Crippen LogP contribution is -2.35. The van der Waals surface area contributed by atoms with Crippen LogP contribution in [0, 0.1) is 29.1 Å². The first kappa shape index (κ1) is 24.5. The highest BCUT2D eigenvalue weighted by Gasteiger charge is 2.50. The predicted octanol–water partition coefficient (Wildman–Crippen LogP) is 5.73. The van der Waals surface area contributed by atoms with Crippen LogP contribution in [0.15, 0.2) is 47.6 Å². The Labute approximate surface area is 189 Å². The van der Waals surface area contributed by atoms with Gasteiger partial charge in [-0.25, -0.2) is 0 Å². The van der Waals surface area contributed by atoms with Crippen molar-refractivity contribution < 1.29 is 15.3 Å². The summed E-state index contributed by atoms with van der Waals surface area (Å²) in [5.74, 6) is 1.91. The molecule has 3 heteroatoms. The van der Waals surface area contributed by atoms with Crippen molar-refractivity contribution in [2.75, 3.05) is 0 Å². The topological polar surface area (TPSA) is 60.7 Å². The molecule has 0 radical (unpaired) electrons. The van der Waals surface area contributed by atoms with Crippen molar-refractivity contribution in [3.8, 4) is 0 Å². The molecule has 174 valence electrons. The molecule has 0 aromatic heterocycles. The lowest BCUT2D eigenvalue weighted by Gasteiger charge is -2.44. The minimum absolute atomic E-state index is 0.141. The van der Waals surface area contributed by atoms with Crippen LogP contribution in [0.3, 0.4) is 0 Å². The van der Waals surface area contributed by atoms with Gasteiger partial charge in [-0.15, -0.1) is 0 Å². The van der Waals surface area contributed by atoms with E-state index in [2.05, 4.69) is 51.7 Å². The van der Waals surface area contributed by atoms with Gasteiger partial charge in [-0.1, -0.05) is 57.2 Å². The van der Waals surface area contributed by atoms with Crippen molar-refractivity contribution in [3.05, 3.63) is 47.6 Å². The number of hydrogen-bond donors (Lipinski definition) is 3. The van der Waals surface area contributed by atoms with E-state index in [0.29, 0.717) is 36.0 Å². The largest absolute Gasteiger partial charge is 0.393 e. The number of allylic oxidation sites excluding steroid dienone is 4. The van der Waals surface area contributed by atoms with Crippen LogP contribution in [0.2, 0.25) is 0 Å². The van der Waals surface area contributed by atoms with Gasteiger partial charge in [0.15, 0.2) is 0 Å². The molecule has 0 aromatic rings. The van der Waals surface area contributed by atoms with E-state index in [1.54, 1.807) is 0 Å². The van der Waals surface area contributed by atoms with Crippen LogP contribution in [-0.2, 0) is 0 Å². The Morgan fingerprint density at radius 1 is 1.13 bits per heavy atom. The summed E-state index contributed by atoms with van der Waals surface area (Å²) in [5, 5.41) is 30.4. The third-order valence-corrected chi connectivity index (χ3v) is 8.75. The van der Waals surface area contributed by atoms with Gasteiger partial charge in [-0.05, 0) is 86.7 Å². The van der Waals surface area contributed by atoms with Crippen LogP contribution >= 0.6 is 0 Å². The van der Waals surface area contributed by atoms with Crippen molar-refractivity contribution in [1.82, 2.24) is 0 Å². The maximum Gasteiger partial charge on any atom is 0.0811 e. The lowest BCUT2D eigenvalue weighted by molar-refractivity contribution is 0.0436. The SMILES string of the molecule is C=C1/C(=C\C=C2CCC[C@]3(C)[C@@H]([C@H](C)C=C[C@H](C)C(C)(C)O)CC[C@@H]23)C[C@@H](O)C[C@@H]1O. The molecule has 31 heavy (non-hydrogen) atoms. The van der Waals surface area contributed by atoms with Crippen molar-refractivity contribution in [2.45, 2.75) is 97.4 Å². The first-order valence-electron chi connectivity index (χ1n) is 12.3. The summed E-state index contributed by atoms with van der Waals surface area (Å²) >= 11 is 0. The molecule has 0 amide bonds. The molecule has 3 aliphatic carbocycles. The fourth-order valence-corrected chi connectivity index (χ4v) is 6.32. The number of hydrogen-bond acceptors (Lipinski definition) is 3. The van der Waals surface area contributed by atoms with Gasteiger partial charge in [0.05, 0.1) is 17.8 Å². The second-order valence-corrected chi connectivity index (χ2v) is 11.4. The number of fused-ring (bicyclic) bond motifs is 1. The molecule has 0 aliphatic heterocycles. The van der Waals surface area contributed by atoms with E-state index in [9.17, 15) is 15.3 Å². The zero-order valence-corrected chi connectivity index (χ0v) is 20.3. The van der Waals surface area contributed by atoms with E-state index < -0.39 is 17.8 Å². The maximum absolute atomic E-state index is 10.3. The molecule has 3 fully saturated rings. The fraction of sp³-hybridized carbons (Fsp3) is 0.714. The minimum atomic E-state index is -0.684. The van der Waals surface area contributed by atoms with E-state index >= 15 is 0 Å². The molecule has 3 nitrogen and oxygen atoms in total. The average Bonchev–Trinajstić information content (AvgIpc) is 3.04. The van der Waals surface area contributed by atoms with Crippen molar-refractivity contribution >= 4 is 0 Å². The summed E-state index contributed by atoms with van der Waals surface area (Å²) in [6.07, 6.45) is 15.0. The van der Waals surface area contributed by atoms with Crippen LogP contribution < -0.4 is 0 Å². The van der Waals surface area contributed by atoms with Crippen LogP contribution in [0.25, 0.3) is 0 Å². The summed E-state index contributed by atoms with van der Waals surface area (Å²) < 4.78 is 0. The van der Waals surface area contributed by atoms with Crippen molar-refractivity contribution in [2.24, 2.45) is 29.1 Å². The lowest BCUT2D eigenvalue weighted by atomic mass is 9.61. The van der Waals surface area contributed by atoms with Crippen LogP contribution in [-0.4, -0.2) is 33.1 Å². The monoisotopic (exact) mass is 428 g/mol. The summed E-state index contributed by atoms with van der Waals surface area (Å²) in [4.78, 5) is 0. The molecule has 3 aliphatic rings. The summed E-state index contributed by atoms with van der Waals surface area (Å²) in [6.45, 7) is 14.7. The fourth-order valence-electron chi connectivity index (χ4n) is 6.32. The van der Waals surface area contributed by atoms with E-state index in [0.717, 1.165) is 17.6 Å². The zero-order valence-electron chi connectivity index (χ0n) is 20.3. The molecule has 0 heterocycles. The molecule has 0 aromatic carbocycles. The Bertz CT molecular complexity index is 753. The van der Waals surface area contributed by atoms with Crippen molar-refractivity contribution in [3.63, 3.8) is 0 Å². The molecule has 0 spiro atoms. The standard InChI is InChI=1S/C28H44O3/c1-18(9-10-19(2)27(4,5)31)24-13-14-25-21(8-7-15-28(24,25)6)11-12-22-16-23(29)17-26(30)20(22)3/h9-12,18-19,23-26,29-31H,3,7-8,13-17H2,1-2,4-6H3/b10-9?,21-11?,22-12-/t18-,19+,23-,24-,25+,26+,28-/m1/s1. The predicted molar refractivity (Wildman–Crippen MR) is 128 cm³/mol. The first-order valence-corrected chi connectivity index (χ1v) is 12.3. The molecule has 3 rings (SSSR count). The highest BCUT2D eigenvalue weighted by atomic mass is 16.3. The third kappa shape index (κ3) is 5.26. The van der Waals surface area contributed by atoms with E-state index in [1.807, 2.05) is 13.8 Å². The Kier molecular flexibility index (Phi) is 7.40. The average molecular weight is 429 g/mol.